The third kappa shape index (κ3) is 3.82. The Morgan fingerprint density at radius 2 is 2.30 bits per heavy atom. The molecule has 60 valence electrons. The van der Waals surface area contributed by atoms with Gasteiger partial charge in [0.15, 0.2) is 0 Å². The first-order chi connectivity index (χ1) is 4.79. The molecule has 0 aromatic carbocycles. The highest BCUT2D eigenvalue weighted by Gasteiger charge is 2.21. The monoisotopic (exact) mass is 145 g/mol. The maximum absolute atomic E-state index is 5.30. The van der Waals surface area contributed by atoms with Crippen LogP contribution in [0.2, 0.25) is 0 Å². The molecule has 3 nitrogen and oxygen atoms in total. The van der Waals surface area contributed by atoms with Crippen LogP contribution >= 0.6 is 0 Å². The SMILES string of the molecule is CN(C)CCOCC1CO1. The summed E-state index contributed by atoms with van der Waals surface area (Å²) >= 11 is 0. The number of likely N-dealkylation sites (N-methyl/N-ethyl adjacent to an activating group) is 1. The van der Waals surface area contributed by atoms with Crippen molar-refractivity contribution in [2.45, 2.75) is 6.10 Å². The number of hydrogen-bond donors (Lipinski definition) is 0. The Balaban J connectivity index is 1.76. The molecule has 0 spiro atoms. The highest BCUT2D eigenvalue weighted by atomic mass is 16.6. The van der Waals surface area contributed by atoms with Crippen molar-refractivity contribution in [1.29, 1.82) is 0 Å². The number of epoxide rings is 1. The van der Waals surface area contributed by atoms with Crippen molar-refractivity contribution in [2.75, 3.05) is 40.5 Å². The fourth-order valence-corrected chi connectivity index (χ4v) is 0.626. The van der Waals surface area contributed by atoms with Crippen LogP contribution in [0.4, 0.5) is 0 Å². The van der Waals surface area contributed by atoms with Gasteiger partial charge in [-0.1, -0.05) is 0 Å². The maximum atomic E-state index is 5.30. The Labute approximate surface area is 61.9 Å². The van der Waals surface area contributed by atoms with Crippen LogP contribution in [0.5, 0.6) is 0 Å². The van der Waals surface area contributed by atoms with Crippen LogP contribution in [0.1, 0.15) is 0 Å². The first-order valence-corrected chi connectivity index (χ1v) is 3.63. The Morgan fingerprint density at radius 3 is 2.80 bits per heavy atom. The topological polar surface area (TPSA) is 25.0 Å². The predicted octanol–water partition coefficient (Wildman–Crippen LogP) is -0.0366. The third-order valence-electron chi connectivity index (χ3n) is 1.39. The molecule has 3 heteroatoms. The Morgan fingerprint density at radius 1 is 1.60 bits per heavy atom. The molecule has 1 atom stereocenters. The predicted molar refractivity (Wildman–Crippen MR) is 39.1 cm³/mol. The van der Waals surface area contributed by atoms with Gasteiger partial charge in [-0.05, 0) is 14.1 Å². The number of nitrogens with zero attached hydrogens (tertiary/aromatic N) is 1. The minimum absolute atomic E-state index is 0.405. The van der Waals surface area contributed by atoms with Crippen molar-refractivity contribution < 1.29 is 9.47 Å². The normalized spacial score (nSPS) is 23.7. The zero-order valence-electron chi connectivity index (χ0n) is 6.67. The van der Waals surface area contributed by atoms with Gasteiger partial charge in [-0.2, -0.15) is 0 Å². The minimum atomic E-state index is 0.405. The van der Waals surface area contributed by atoms with E-state index < -0.39 is 0 Å². The summed E-state index contributed by atoms with van der Waals surface area (Å²) in [6.07, 6.45) is 0.405. The molecule has 1 aliphatic rings. The molecule has 0 N–H and O–H groups in total. The summed E-state index contributed by atoms with van der Waals surface area (Å²) in [5.74, 6) is 0. The van der Waals surface area contributed by atoms with E-state index in [1.807, 2.05) is 14.1 Å². The van der Waals surface area contributed by atoms with E-state index in [0.717, 1.165) is 26.4 Å². The van der Waals surface area contributed by atoms with Crippen molar-refractivity contribution in [3.63, 3.8) is 0 Å². The summed E-state index contributed by atoms with van der Waals surface area (Å²) in [4.78, 5) is 2.10. The molecule has 0 bridgehead atoms. The van der Waals surface area contributed by atoms with Crippen LogP contribution in [0.25, 0.3) is 0 Å². The van der Waals surface area contributed by atoms with Gasteiger partial charge in [-0.25, -0.2) is 0 Å². The van der Waals surface area contributed by atoms with E-state index in [1.54, 1.807) is 0 Å². The van der Waals surface area contributed by atoms with E-state index in [2.05, 4.69) is 4.90 Å². The van der Waals surface area contributed by atoms with E-state index in [-0.39, 0.29) is 0 Å². The Hall–Kier alpha value is -0.120. The van der Waals surface area contributed by atoms with E-state index in [4.69, 9.17) is 9.47 Å². The fraction of sp³-hybridized carbons (Fsp3) is 1.00. The fourth-order valence-electron chi connectivity index (χ4n) is 0.626. The van der Waals surface area contributed by atoms with Crippen molar-refractivity contribution >= 4 is 0 Å². The van der Waals surface area contributed by atoms with Crippen molar-refractivity contribution in [1.82, 2.24) is 4.90 Å². The third-order valence-corrected chi connectivity index (χ3v) is 1.39. The van der Waals surface area contributed by atoms with Gasteiger partial charge in [-0.15, -0.1) is 0 Å². The summed E-state index contributed by atoms with van der Waals surface area (Å²) in [6, 6.07) is 0. The van der Waals surface area contributed by atoms with Crippen LogP contribution in [0, 0.1) is 0 Å². The van der Waals surface area contributed by atoms with Crippen molar-refractivity contribution in [3.8, 4) is 0 Å². The maximum Gasteiger partial charge on any atom is 0.104 e. The van der Waals surface area contributed by atoms with Gasteiger partial charge in [-0.3, -0.25) is 0 Å². The van der Waals surface area contributed by atoms with E-state index in [9.17, 15) is 0 Å². The second-order valence-electron chi connectivity index (χ2n) is 2.83. The number of hydrogen-bond acceptors (Lipinski definition) is 3. The average Bonchev–Trinajstić information content (AvgIpc) is 2.62. The highest BCUT2D eigenvalue weighted by molar-refractivity contribution is 4.67. The van der Waals surface area contributed by atoms with Crippen LogP contribution in [-0.4, -0.2) is 51.5 Å². The molecule has 0 amide bonds. The molecular formula is C7H15NO2. The quantitative estimate of drug-likeness (QED) is 0.401. The van der Waals surface area contributed by atoms with Gasteiger partial charge in [0, 0.05) is 6.54 Å². The zero-order valence-corrected chi connectivity index (χ0v) is 6.67. The smallest absolute Gasteiger partial charge is 0.104 e. The van der Waals surface area contributed by atoms with Gasteiger partial charge in [0.1, 0.15) is 6.10 Å². The van der Waals surface area contributed by atoms with Crippen LogP contribution < -0.4 is 0 Å². The lowest BCUT2D eigenvalue weighted by atomic mass is 10.5. The molecular weight excluding hydrogens is 130 g/mol. The number of ether oxygens (including phenoxy) is 2. The molecule has 1 heterocycles. The molecule has 0 aromatic heterocycles. The lowest BCUT2D eigenvalue weighted by molar-refractivity contribution is 0.103. The largest absolute Gasteiger partial charge is 0.377 e. The first-order valence-electron chi connectivity index (χ1n) is 3.63. The van der Waals surface area contributed by atoms with Crippen molar-refractivity contribution in [3.05, 3.63) is 0 Å². The molecule has 0 saturated carbocycles. The van der Waals surface area contributed by atoms with Crippen LogP contribution in [-0.2, 0) is 9.47 Å². The molecule has 1 saturated heterocycles. The zero-order chi connectivity index (χ0) is 7.40. The van der Waals surface area contributed by atoms with E-state index in [1.165, 1.54) is 0 Å². The lowest BCUT2D eigenvalue weighted by Gasteiger charge is -2.08. The highest BCUT2D eigenvalue weighted by Crippen LogP contribution is 2.07. The molecule has 0 aliphatic carbocycles. The molecule has 1 unspecified atom stereocenters. The Kier molecular flexibility index (Phi) is 3.12. The molecule has 0 aromatic rings. The number of rotatable bonds is 5. The van der Waals surface area contributed by atoms with Crippen molar-refractivity contribution in [2.24, 2.45) is 0 Å². The van der Waals surface area contributed by atoms with E-state index >= 15 is 0 Å². The molecule has 0 radical (unpaired) electrons. The summed E-state index contributed by atoms with van der Waals surface area (Å²) in [5, 5.41) is 0. The molecule has 1 aliphatic heterocycles. The van der Waals surface area contributed by atoms with Gasteiger partial charge in [0.2, 0.25) is 0 Å². The van der Waals surface area contributed by atoms with Gasteiger partial charge >= 0.3 is 0 Å². The van der Waals surface area contributed by atoms with Gasteiger partial charge in [0.25, 0.3) is 0 Å². The molecule has 1 fully saturated rings. The first kappa shape index (κ1) is 7.98. The van der Waals surface area contributed by atoms with Gasteiger partial charge in [0.05, 0.1) is 19.8 Å². The second-order valence-corrected chi connectivity index (χ2v) is 2.83. The molecule has 1 rings (SSSR count). The lowest BCUT2D eigenvalue weighted by Crippen LogP contribution is -2.19. The average molecular weight is 145 g/mol. The van der Waals surface area contributed by atoms with Gasteiger partial charge < -0.3 is 14.4 Å². The summed E-state index contributed by atoms with van der Waals surface area (Å²) in [7, 11) is 4.08. The Bertz CT molecular complexity index is 87.6. The minimum Gasteiger partial charge on any atom is -0.377 e. The standard InChI is InChI=1S/C7H15NO2/c1-8(2)3-4-9-5-7-6-10-7/h7H,3-6H2,1-2H3. The van der Waals surface area contributed by atoms with Crippen LogP contribution in [0.3, 0.4) is 0 Å². The summed E-state index contributed by atoms with van der Waals surface area (Å²) in [6.45, 7) is 3.47. The summed E-state index contributed by atoms with van der Waals surface area (Å²) in [5.41, 5.74) is 0. The summed E-state index contributed by atoms with van der Waals surface area (Å²) < 4.78 is 10.3. The van der Waals surface area contributed by atoms with E-state index in [0.29, 0.717) is 6.10 Å². The van der Waals surface area contributed by atoms with Crippen LogP contribution in [0.15, 0.2) is 0 Å². The molecule has 10 heavy (non-hydrogen) atoms. The second kappa shape index (κ2) is 3.91.